The van der Waals surface area contributed by atoms with Gasteiger partial charge in [0.2, 0.25) is 5.89 Å². The van der Waals surface area contributed by atoms with E-state index in [0.29, 0.717) is 22.2 Å². The average Bonchev–Trinajstić information content (AvgIpc) is 3.65. The molecule has 17 nitrogen and oxygen atoms in total. The molecule has 2 aromatic carbocycles. The average molecular weight is 876 g/mol. The summed E-state index contributed by atoms with van der Waals surface area (Å²) in [6.45, 7) is 11.9. The van der Waals surface area contributed by atoms with Gasteiger partial charge in [0.1, 0.15) is 77.1 Å². The first kappa shape index (κ1) is 47.2. The number of rotatable bonds is 15. The molecule has 61 heavy (non-hydrogen) atoms. The van der Waals surface area contributed by atoms with E-state index in [-0.39, 0.29) is 45.6 Å². The van der Waals surface area contributed by atoms with Crippen molar-refractivity contribution in [2.24, 2.45) is 0 Å². The van der Waals surface area contributed by atoms with E-state index in [9.17, 15) is 29.7 Å². The van der Waals surface area contributed by atoms with Crippen LogP contribution in [0.4, 0.5) is 15.4 Å². The van der Waals surface area contributed by atoms with Crippen LogP contribution in [0.5, 0.6) is 5.75 Å². The number of anilines is 1. The standard InChI is InChI=1S/C42H46ClN7O10S/c1-23(47-39(53)59-41(3,4)5)37(51)57-21-30(58-38(52)24(2)48-40(54)60-42(6,7)8)20-55-29-15-11-25(12-16-29)33-31(17-44)34(46)50-36(32(33)18-45)61-22-28-19-56-35(49-28)26-9-13-27(43)14-10-26/h9-16,19,23-24,30H,20-22H2,1-8H3,(H2,46,50)(H,47,53)(H,48,54)/t23-,24-,30+/m0/s1. The molecule has 322 valence electrons. The number of esters is 2. The minimum atomic E-state index is -1.20. The van der Waals surface area contributed by atoms with Gasteiger partial charge in [-0.3, -0.25) is 0 Å². The highest BCUT2D eigenvalue weighted by molar-refractivity contribution is 7.98. The van der Waals surface area contributed by atoms with Gasteiger partial charge in [0.15, 0.2) is 6.10 Å². The van der Waals surface area contributed by atoms with Gasteiger partial charge >= 0.3 is 24.1 Å². The Morgan fingerprint density at radius 1 is 0.820 bits per heavy atom. The second-order valence-electron chi connectivity index (χ2n) is 15.4. The van der Waals surface area contributed by atoms with Crippen LogP contribution < -0.4 is 21.1 Å². The number of aromatic nitrogens is 2. The summed E-state index contributed by atoms with van der Waals surface area (Å²) in [6, 6.07) is 15.2. The van der Waals surface area contributed by atoms with Gasteiger partial charge in [-0.15, -0.1) is 0 Å². The molecule has 0 saturated heterocycles. The first-order chi connectivity index (χ1) is 28.7. The maximum Gasteiger partial charge on any atom is 0.408 e. The van der Waals surface area contributed by atoms with Gasteiger partial charge in [0.25, 0.3) is 0 Å². The van der Waals surface area contributed by atoms with Gasteiger partial charge in [-0.05, 0) is 97.4 Å². The van der Waals surface area contributed by atoms with Gasteiger partial charge in [0, 0.05) is 21.9 Å². The Morgan fingerprint density at radius 3 is 1.93 bits per heavy atom. The predicted octanol–water partition coefficient (Wildman–Crippen LogP) is 7.34. The van der Waals surface area contributed by atoms with Crippen molar-refractivity contribution < 1.29 is 47.3 Å². The molecule has 4 N–H and O–H groups in total. The van der Waals surface area contributed by atoms with Crippen LogP contribution in [0.15, 0.2) is 64.2 Å². The zero-order valence-electron chi connectivity index (χ0n) is 34.8. The fraction of sp³-hybridized carbons (Fsp3) is 0.381. The molecular weight excluding hydrogens is 830 g/mol. The predicted molar refractivity (Wildman–Crippen MR) is 224 cm³/mol. The smallest absolute Gasteiger partial charge is 0.408 e. The van der Waals surface area contributed by atoms with Gasteiger partial charge in [-0.1, -0.05) is 35.5 Å². The molecule has 2 aromatic heterocycles. The number of pyridine rings is 1. The summed E-state index contributed by atoms with van der Waals surface area (Å²) in [4.78, 5) is 59.2. The molecule has 4 aromatic rings. The number of nitriles is 2. The third-order valence-corrected chi connectivity index (χ3v) is 9.12. The number of nitrogens with one attached hydrogen (secondary N) is 2. The van der Waals surface area contributed by atoms with Crippen LogP contribution in [-0.4, -0.2) is 76.7 Å². The summed E-state index contributed by atoms with van der Waals surface area (Å²) < 4.78 is 32.9. The number of nitrogens with zero attached hydrogens (tertiary/aromatic N) is 4. The number of amides is 2. The van der Waals surface area contributed by atoms with Crippen molar-refractivity contribution in [2.45, 2.75) is 95.6 Å². The highest BCUT2D eigenvalue weighted by atomic mass is 35.5. The van der Waals surface area contributed by atoms with E-state index in [4.69, 9.17) is 45.4 Å². The number of oxazole rings is 1. The molecule has 0 aliphatic heterocycles. The van der Waals surface area contributed by atoms with E-state index in [1.807, 2.05) is 6.07 Å². The Balaban J connectivity index is 1.50. The molecule has 0 aliphatic rings. The number of thioether (sulfide) groups is 1. The topological polar surface area (TPSA) is 251 Å². The zero-order chi connectivity index (χ0) is 45.1. The van der Waals surface area contributed by atoms with Crippen LogP contribution in [0.25, 0.3) is 22.6 Å². The minimum absolute atomic E-state index is 0.000630. The number of benzene rings is 2. The van der Waals surface area contributed by atoms with E-state index in [1.54, 1.807) is 90.1 Å². The third kappa shape index (κ3) is 14.3. The lowest BCUT2D eigenvalue weighted by molar-refractivity contribution is -0.162. The first-order valence-corrected chi connectivity index (χ1v) is 20.1. The lowest BCUT2D eigenvalue weighted by Gasteiger charge is -2.24. The lowest BCUT2D eigenvalue weighted by atomic mass is 9.97. The number of ether oxygens (including phenoxy) is 5. The van der Waals surface area contributed by atoms with Gasteiger partial charge in [0.05, 0.1) is 11.3 Å². The highest BCUT2D eigenvalue weighted by Gasteiger charge is 2.28. The third-order valence-electron chi connectivity index (χ3n) is 7.86. The van der Waals surface area contributed by atoms with Gasteiger partial charge < -0.3 is 44.5 Å². The fourth-order valence-electron chi connectivity index (χ4n) is 5.11. The number of nitrogen functional groups attached to an aromatic ring is 1. The van der Waals surface area contributed by atoms with Crippen molar-refractivity contribution in [2.75, 3.05) is 18.9 Å². The molecule has 2 amide bonds. The molecule has 4 rings (SSSR count). The van der Waals surface area contributed by atoms with E-state index in [0.717, 1.165) is 5.56 Å². The van der Waals surface area contributed by atoms with Crippen LogP contribution >= 0.6 is 23.4 Å². The Kier molecular flexibility index (Phi) is 16.0. The van der Waals surface area contributed by atoms with Crippen LogP contribution in [0.2, 0.25) is 5.02 Å². The summed E-state index contributed by atoms with van der Waals surface area (Å²) in [7, 11) is 0. The molecule has 0 radical (unpaired) electrons. The fourth-order valence-corrected chi connectivity index (χ4v) is 6.11. The van der Waals surface area contributed by atoms with Crippen molar-refractivity contribution in [1.29, 1.82) is 10.5 Å². The number of hydrogen-bond donors (Lipinski definition) is 3. The van der Waals surface area contributed by atoms with Gasteiger partial charge in [-0.2, -0.15) is 10.5 Å². The molecule has 19 heteroatoms. The zero-order valence-corrected chi connectivity index (χ0v) is 36.4. The monoisotopic (exact) mass is 875 g/mol. The number of nitrogens with two attached hydrogens (primary N) is 1. The normalized spacial score (nSPS) is 12.7. The molecule has 0 unspecified atom stereocenters. The Bertz CT molecular complexity index is 2290. The summed E-state index contributed by atoms with van der Waals surface area (Å²) in [5.74, 6) is -0.880. The lowest BCUT2D eigenvalue weighted by Crippen LogP contribution is -2.45. The maximum absolute atomic E-state index is 13.1. The number of carbonyl (C=O) groups is 4. The molecular formula is C42H46ClN7O10S. The molecule has 3 atom stereocenters. The number of hydrogen-bond acceptors (Lipinski definition) is 16. The summed E-state index contributed by atoms with van der Waals surface area (Å²) in [5.41, 5.74) is 6.74. The van der Waals surface area contributed by atoms with E-state index in [2.05, 4.69) is 26.7 Å². The molecule has 0 saturated carbocycles. The first-order valence-electron chi connectivity index (χ1n) is 18.7. The van der Waals surface area contributed by atoms with Crippen molar-refractivity contribution >= 4 is 53.3 Å². The van der Waals surface area contributed by atoms with E-state index >= 15 is 0 Å². The number of alkyl carbamates (subject to hydrolysis) is 2. The summed E-state index contributed by atoms with van der Waals surface area (Å²) >= 11 is 7.19. The Morgan fingerprint density at radius 2 is 1.38 bits per heavy atom. The Hall–Kier alpha value is -6.50. The quantitative estimate of drug-likeness (QED) is 0.0600. The molecule has 0 spiro atoms. The molecule has 0 aliphatic carbocycles. The SMILES string of the molecule is C[C@H](NC(=O)OC(C)(C)C)C(=O)OC[C@@H](COc1ccc(-c2c(C#N)c(N)nc(SCc3coc(-c4ccc(Cl)cc4)n3)c2C#N)cc1)OC(=O)[C@H](C)NC(=O)OC(C)(C)C. The highest BCUT2D eigenvalue weighted by Crippen LogP contribution is 2.37. The molecule has 0 fully saturated rings. The summed E-state index contributed by atoms with van der Waals surface area (Å²) in [5, 5.41) is 26.0. The van der Waals surface area contributed by atoms with E-state index < -0.39 is 60.1 Å². The molecule has 0 bridgehead atoms. The van der Waals surface area contributed by atoms with Crippen molar-refractivity contribution in [1.82, 2.24) is 20.6 Å². The minimum Gasteiger partial charge on any atom is -0.490 e. The van der Waals surface area contributed by atoms with Crippen molar-refractivity contribution in [3.05, 3.63) is 76.6 Å². The maximum atomic E-state index is 13.1. The van der Waals surface area contributed by atoms with Crippen LogP contribution in [-0.2, 0) is 34.3 Å². The second kappa shape index (κ2) is 20.7. The molecule has 2 heterocycles. The van der Waals surface area contributed by atoms with Gasteiger partial charge in [-0.25, -0.2) is 29.1 Å². The Labute approximate surface area is 362 Å². The van der Waals surface area contributed by atoms with Crippen LogP contribution in [0.3, 0.4) is 0 Å². The number of carbonyl (C=O) groups excluding carboxylic acids is 4. The number of halogens is 1. The van der Waals surface area contributed by atoms with Crippen LogP contribution in [0.1, 0.15) is 72.2 Å². The van der Waals surface area contributed by atoms with Crippen molar-refractivity contribution in [3.63, 3.8) is 0 Å². The van der Waals surface area contributed by atoms with Crippen LogP contribution in [0, 0.1) is 22.7 Å². The summed E-state index contributed by atoms with van der Waals surface area (Å²) in [6.07, 6.45) is -1.39. The van der Waals surface area contributed by atoms with Crippen molar-refractivity contribution in [3.8, 4) is 40.5 Å². The largest absolute Gasteiger partial charge is 0.490 e. The second-order valence-corrected chi connectivity index (χ2v) is 16.8. The van der Waals surface area contributed by atoms with E-state index in [1.165, 1.54) is 31.9 Å².